The topological polar surface area (TPSA) is 84.7 Å². The van der Waals surface area contributed by atoms with Gasteiger partial charge in [0.05, 0.1) is 7.11 Å². The molecule has 0 bridgehead atoms. The van der Waals surface area contributed by atoms with Gasteiger partial charge in [0.25, 0.3) is 5.91 Å². The lowest BCUT2D eigenvalue weighted by Gasteiger charge is -2.41. The smallest absolute Gasteiger partial charge is 0.252 e. The summed E-state index contributed by atoms with van der Waals surface area (Å²) in [5, 5.41) is 2.95. The summed E-state index contributed by atoms with van der Waals surface area (Å²) in [6.45, 7) is 8.27. The van der Waals surface area contributed by atoms with E-state index in [4.69, 9.17) is 10.5 Å². The minimum atomic E-state index is -0.760. The van der Waals surface area contributed by atoms with Gasteiger partial charge in [0, 0.05) is 30.6 Å². The second-order valence-electron chi connectivity index (χ2n) is 9.29. The summed E-state index contributed by atoms with van der Waals surface area (Å²) < 4.78 is 5.16. The molecule has 1 fully saturated rings. The van der Waals surface area contributed by atoms with Crippen molar-refractivity contribution in [2.75, 3.05) is 26.7 Å². The van der Waals surface area contributed by atoms with Crippen molar-refractivity contribution >= 4 is 11.8 Å². The van der Waals surface area contributed by atoms with E-state index in [0.29, 0.717) is 30.9 Å². The van der Waals surface area contributed by atoms with Crippen molar-refractivity contribution < 1.29 is 14.3 Å². The lowest BCUT2D eigenvalue weighted by molar-refractivity contribution is -0.133. The van der Waals surface area contributed by atoms with E-state index in [-0.39, 0.29) is 22.6 Å². The predicted molar refractivity (Wildman–Crippen MR) is 122 cm³/mol. The molecule has 166 valence electrons. The van der Waals surface area contributed by atoms with Gasteiger partial charge in [-0.05, 0) is 41.7 Å². The minimum Gasteiger partial charge on any atom is -0.497 e. The normalized spacial score (nSPS) is 19.7. The Kier molecular flexibility index (Phi) is 6.70. The van der Waals surface area contributed by atoms with Gasteiger partial charge in [-0.3, -0.25) is 9.59 Å². The van der Waals surface area contributed by atoms with Gasteiger partial charge in [-0.15, -0.1) is 0 Å². The van der Waals surface area contributed by atoms with Crippen LogP contribution in [0.5, 0.6) is 5.75 Å². The molecule has 0 aliphatic carbocycles. The van der Waals surface area contributed by atoms with E-state index < -0.39 is 6.04 Å². The molecule has 3 N–H and O–H groups in total. The van der Waals surface area contributed by atoms with Crippen molar-refractivity contribution in [3.05, 3.63) is 65.7 Å². The Morgan fingerprint density at radius 2 is 1.77 bits per heavy atom. The Labute approximate surface area is 184 Å². The average molecular weight is 424 g/mol. The van der Waals surface area contributed by atoms with Gasteiger partial charge in [-0.1, -0.05) is 51.1 Å². The zero-order valence-corrected chi connectivity index (χ0v) is 18.9. The Hall–Kier alpha value is -2.86. The Morgan fingerprint density at radius 1 is 1.13 bits per heavy atom. The van der Waals surface area contributed by atoms with Crippen molar-refractivity contribution in [3.8, 4) is 5.75 Å². The fourth-order valence-electron chi connectivity index (χ4n) is 4.22. The van der Waals surface area contributed by atoms with Gasteiger partial charge in [0.15, 0.2) is 0 Å². The first-order valence-electron chi connectivity index (χ1n) is 10.7. The van der Waals surface area contributed by atoms with Crippen LogP contribution in [0, 0.1) is 10.8 Å². The molecule has 2 aromatic carbocycles. The van der Waals surface area contributed by atoms with E-state index in [2.05, 4.69) is 26.1 Å². The number of benzene rings is 2. The first kappa shape index (κ1) is 22.8. The summed E-state index contributed by atoms with van der Waals surface area (Å²) in [4.78, 5) is 28.4. The standard InChI is InChI=1S/C25H33N3O3/c1-24(2,3)25(16-26)14-15-28(17-25)23(30)21(18-8-6-5-7-9-18)27-22(29)19-10-12-20(31-4)13-11-19/h5-13,21H,14-17,26H2,1-4H3,(H,27,29). The second kappa shape index (κ2) is 9.10. The average Bonchev–Trinajstić information content (AvgIpc) is 3.24. The van der Waals surface area contributed by atoms with Crippen LogP contribution in [-0.4, -0.2) is 43.5 Å². The van der Waals surface area contributed by atoms with Crippen LogP contribution < -0.4 is 15.8 Å². The third-order valence-corrected chi connectivity index (χ3v) is 6.65. The van der Waals surface area contributed by atoms with Gasteiger partial charge < -0.3 is 20.7 Å². The molecule has 0 radical (unpaired) electrons. The fourth-order valence-corrected chi connectivity index (χ4v) is 4.22. The third-order valence-electron chi connectivity index (χ3n) is 6.65. The first-order valence-corrected chi connectivity index (χ1v) is 10.7. The highest BCUT2D eigenvalue weighted by Crippen LogP contribution is 2.45. The summed E-state index contributed by atoms with van der Waals surface area (Å²) >= 11 is 0. The van der Waals surface area contributed by atoms with E-state index >= 15 is 0 Å². The van der Waals surface area contributed by atoms with Crippen molar-refractivity contribution in [1.29, 1.82) is 0 Å². The van der Waals surface area contributed by atoms with Crippen LogP contribution in [0.4, 0.5) is 0 Å². The summed E-state index contributed by atoms with van der Waals surface area (Å²) in [7, 11) is 1.58. The lowest BCUT2D eigenvalue weighted by Crippen LogP contribution is -2.47. The Morgan fingerprint density at radius 3 is 2.29 bits per heavy atom. The number of hydrogen-bond donors (Lipinski definition) is 2. The van der Waals surface area contributed by atoms with Crippen molar-refractivity contribution in [2.24, 2.45) is 16.6 Å². The third kappa shape index (κ3) is 4.74. The summed E-state index contributed by atoms with van der Waals surface area (Å²) in [5.41, 5.74) is 7.24. The predicted octanol–water partition coefficient (Wildman–Crippen LogP) is 3.39. The quantitative estimate of drug-likeness (QED) is 0.746. The number of nitrogens with zero attached hydrogens (tertiary/aromatic N) is 1. The van der Waals surface area contributed by atoms with E-state index in [1.54, 1.807) is 31.4 Å². The highest BCUT2D eigenvalue weighted by Gasteiger charge is 2.48. The molecule has 1 aliphatic heterocycles. The minimum absolute atomic E-state index is 0.0225. The second-order valence-corrected chi connectivity index (χ2v) is 9.29. The molecule has 3 rings (SSSR count). The van der Waals surface area contributed by atoms with Crippen LogP contribution in [0.3, 0.4) is 0 Å². The maximum atomic E-state index is 13.6. The van der Waals surface area contributed by atoms with E-state index in [0.717, 1.165) is 12.0 Å². The zero-order chi connectivity index (χ0) is 22.6. The number of ether oxygens (including phenoxy) is 1. The number of nitrogens with one attached hydrogen (secondary N) is 1. The van der Waals surface area contributed by atoms with Gasteiger partial charge in [-0.25, -0.2) is 0 Å². The van der Waals surface area contributed by atoms with Crippen LogP contribution in [0.1, 0.15) is 49.2 Å². The molecular formula is C25H33N3O3. The molecule has 2 atom stereocenters. The van der Waals surface area contributed by atoms with Crippen LogP contribution >= 0.6 is 0 Å². The Balaban J connectivity index is 1.84. The molecule has 2 amide bonds. The lowest BCUT2D eigenvalue weighted by atomic mass is 9.66. The summed E-state index contributed by atoms with van der Waals surface area (Å²) in [6, 6.07) is 15.5. The van der Waals surface area contributed by atoms with Gasteiger partial charge in [0.2, 0.25) is 5.91 Å². The number of likely N-dealkylation sites (tertiary alicyclic amines) is 1. The van der Waals surface area contributed by atoms with Crippen molar-refractivity contribution in [3.63, 3.8) is 0 Å². The molecule has 0 aromatic heterocycles. The number of methoxy groups -OCH3 is 1. The number of hydrogen-bond acceptors (Lipinski definition) is 4. The number of amides is 2. The molecule has 1 saturated heterocycles. The number of rotatable bonds is 6. The van der Waals surface area contributed by atoms with Crippen molar-refractivity contribution in [2.45, 2.75) is 33.2 Å². The van der Waals surface area contributed by atoms with Gasteiger partial charge in [-0.2, -0.15) is 0 Å². The summed E-state index contributed by atoms with van der Waals surface area (Å²) in [5.74, 6) is 0.266. The van der Waals surface area contributed by atoms with Crippen LogP contribution in [0.2, 0.25) is 0 Å². The SMILES string of the molecule is COc1ccc(C(=O)NC(C(=O)N2CCC(CN)(C(C)(C)C)C2)c2ccccc2)cc1. The van der Waals surface area contributed by atoms with Gasteiger partial charge >= 0.3 is 0 Å². The number of nitrogens with two attached hydrogens (primary N) is 1. The van der Waals surface area contributed by atoms with Crippen molar-refractivity contribution in [1.82, 2.24) is 10.2 Å². The molecule has 6 nitrogen and oxygen atoms in total. The molecular weight excluding hydrogens is 390 g/mol. The first-order chi connectivity index (χ1) is 14.7. The van der Waals surface area contributed by atoms with Crippen LogP contribution in [-0.2, 0) is 4.79 Å². The molecule has 0 spiro atoms. The molecule has 2 unspecified atom stereocenters. The van der Waals surface area contributed by atoms with E-state index in [9.17, 15) is 9.59 Å². The van der Waals surface area contributed by atoms with Crippen LogP contribution in [0.25, 0.3) is 0 Å². The summed E-state index contributed by atoms with van der Waals surface area (Å²) in [6.07, 6.45) is 0.854. The maximum absolute atomic E-state index is 13.6. The molecule has 31 heavy (non-hydrogen) atoms. The monoisotopic (exact) mass is 423 g/mol. The molecule has 2 aromatic rings. The largest absolute Gasteiger partial charge is 0.497 e. The highest BCUT2D eigenvalue weighted by molar-refractivity contribution is 5.98. The fraction of sp³-hybridized carbons (Fsp3) is 0.440. The Bertz CT molecular complexity index is 906. The molecule has 1 heterocycles. The maximum Gasteiger partial charge on any atom is 0.252 e. The van der Waals surface area contributed by atoms with E-state index in [1.165, 1.54) is 0 Å². The zero-order valence-electron chi connectivity index (χ0n) is 18.9. The highest BCUT2D eigenvalue weighted by atomic mass is 16.5. The number of carbonyl (C=O) groups is 2. The molecule has 1 aliphatic rings. The molecule has 6 heteroatoms. The molecule has 0 saturated carbocycles. The van der Waals surface area contributed by atoms with Crippen LogP contribution in [0.15, 0.2) is 54.6 Å². The van der Waals surface area contributed by atoms with Gasteiger partial charge in [0.1, 0.15) is 11.8 Å². The van der Waals surface area contributed by atoms with E-state index in [1.807, 2.05) is 35.2 Å². The number of carbonyl (C=O) groups excluding carboxylic acids is 2.